The molecule has 0 heterocycles. The summed E-state index contributed by atoms with van der Waals surface area (Å²) in [6, 6.07) is 8.42. The van der Waals surface area contributed by atoms with Crippen LogP contribution < -0.4 is 10.1 Å². The Bertz CT molecular complexity index is 661. The van der Waals surface area contributed by atoms with Crippen LogP contribution in [0.25, 0.3) is 0 Å². The van der Waals surface area contributed by atoms with Crippen LogP contribution in [0.3, 0.4) is 0 Å². The smallest absolute Gasteiger partial charge is 0.258 e. The van der Waals surface area contributed by atoms with Gasteiger partial charge >= 0.3 is 0 Å². The van der Waals surface area contributed by atoms with Gasteiger partial charge in [-0.1, -0.05) is 15.9 Å². The molecule has 0 unspecified atom stereocenters. The summed E-state index contributed by atoms with van der Waals surface area (Å²) in [5.74, 6) is -1.20. The van der Waals surface area contributed by atoms with Crippen molar-refractivity contribution in [2.75, 3.05) is 12.4 Å². The first-order chi connectivity index (χ1) is 9.51. The molecule has 0 saturated carbocycles. The predicted octanol–water partition coefficient (Wildman–Crippen LogP) is 3.55. The molecule has 2 rings (SSSR count). The molecule has 1 amide bonds. The highest BCUT2D eigenvalue weighted by molar-refractivity contribution is 9.10. The molecule has 0 saturated heterocycles. The van der Waals surface area contributed by atoms with Crippen molar-refractivity contribution in [2.24, 2.45) is 0 Å². The van der Waals surface area contributed by atoms with Gasteiger partial charge in [0.15, 0.2) is 0 Å². The van der Waals surface area contributed by atoms with Gasteiger partial charge < -0.3 is 15.2 Å². The van der Waals surface area contributed by atoms with Crippen LogP contribution in [-0.4, -0.2) is 18.1 Å². The minimum absolute atomic E-state index is 0.162. The fourth-order valence-electron chi connectivity index (χ4n) is 1.66. The Balaban J connectivity index is 2.30. The second kappa shape index (κ2) is 5.92. The second-order valence-electron chi connectivity index (χ2n) is 3.96. The summed E-state index contributed by atoms with van der Waals surface area (Å²) in [6.45, 7) is 0. The molecular formula is C14H11BrFNO3. The lowest BCUT2D eigenvalue weighted by Crippen LogP contribution is -2.14. The zero-order valence-corrected chi connectivity index (χ0v) is 12.1. The highest BCUT2D eigenvalue weighted by Crippen LogP contribution is 2.28. The summed E-state index contributed by atoms with van der Waals surface area (Å²) in [4.78, 5) is 12.0. The van der Waals surface area contributed by atoms with E-state index in [0.29, 0.717) is 11.4 Å². The third-order valence-electron chi connectivity index (χ3n) is 2.61. The van der Waals surface area contributed by atoms with Crippen LogP contribution in [0.4, 0.5) is 10.1 Å². The van der Waals surface area contributed by atoms with E-state index < -0.39 is 11.7 Å². The fraction of sp³-hybridized carbons (Fsp3) is 0.0714. The summed E-state index contributed by atoms with van der Waals surface area (Å²) in [5, 5.41) is 11.7. The van der Waals surface area contributed by atoms with Gasteiger partial charge in [0.25, 0.3) is 5.91 Å². The largest absolute Gasteiger partial charge is 0.508 e. The van der Waals surface area contributed by atoms with E-state index in [4.69, 9.17) is 9.84 Å². The van der Waals surface area contributed by atoms with Gasteiger partial charge in [0.05, 0.1) is 18.4 Å². The first kappa shape index (κ1) is 14.3. The molecule has 0 aliphatic rings. The number of phenols is 1. The molecule has 4 nitrogen and oxygen atoms in total. The van der Waals surface area contributed by atoms with Gasteiger partial charge in [0, 0.05) is 10.5 Å². The molecule has 2 N–H and O–H groups in total. The highest BCUT2D eigenvalue weighted by atomic mass is 79.9. The summed E-state index contributed by atoms with van der Waals surface area (Å²) in [6.07, 6.45) is 0. The SMILES string of the molecule is COc1ccc(Br)cc1NC(=O)c1ccc(O)cc1F. The number of benzene rings is 2. The average molecular weight is 340 g/mol. The molecular weight excluding hydrogens is 329 g/mol. The third-order valence-corrected chi connectivity index (χ3v) is 3.10. The van der Waals surface area contributed by atoms with Crippen LogP contribution in [0, 0.1) is 5.82 Å². The van der Waals surface area contributed by atoms with Crippen LogP contribution in [0.5, 0.6) is 11.5 Å². The zero-order chi connectivity index (χ0) is 14.7. The third kappa shape index (κ3) is 3.08. The summed E-state index contributed by atoms with van der Waals surface area (Å²) in [5.41, 5.74) is 0.254. The minimum Gasteiger partial charge on any atom is -0.508 e. The highest BCUT2D eigenvalue weighted by Gasteiger charge is 2.14. The number of carbonyl (C=O) groups is 1. The van der Waals surface area contributed by atoms with Gasteiger partial charge in [-0.15, -0.1) is 0 Å². The van der Waals surface area contributed by atoms with E-state index >= 15 is 0 Å². The monoisotopic (exact) mass is 339 g/mol. The Hall–Kier alpha value is -2.08. The van der Waals surface area contributed by atoms with Crippen molar-refractivity contribution in [2.45, 2.75) is 0 Å². The Labute approximate surface area is 123 Å². The number of hydrogen-bond acceptors (Lipinski definition) is 3. The Morgan fingerprint density at radius 1 is 1.30 bits per heavy atom. The molecule has 0 atom stereocenters. The maximum Gasteiger partial charge on any atom is 0.258 e. The van der Waals surface area contributed by atoms with Crippen molar-refractivity contribution < 1.29 is 19.0 Å². The minimum atomic E-state index is -0.795. The Morgan fingerprint density at radius 3 is 2.70 bits per heavy atom. The number of nitrogens with one attached hydrogen (secondary N) is 1. The average Bonchev–Trinajstić information content (AvgIpc) is 2.38. The molecule has 0 aliphatic heterocycles. The van der Waals surface area contributed by atoms with E-state index in [1.807, 2.05) is 0 Å². The molecule has 0 bridgehead atoms. The van der Waals surface area contributed by atoms with Crippen LogP contribution in [-0.2, 0) is 0 Å². The number of carbonyl (C=O) groups excluding carboxylic acids is 1. The fourth-order valence-corrected chi connectivity index (χ4v) is 2.02. The topological polar surface area (TPSA) is 58.6 Å². The van der Waals surface area contributed by atoms with Gasteiger partial charge in [-0.2, -0.15) is 0 Å². The molecule has 0 aromatic heterocycles. The quantitative estimate of drug-likeness (QED) is 0.898. The van der Waals surface area contributed by atoms with Crippen molar-refractivity contribution in [3.8, 4) is 11.5 Å². The van der Waals surface area contributed by atoms with Crippen LogP contribution in [0.1, 0.15) is 10.4 Å². The van der Waals surface area contributed by atoms with Crippen LogP contribution in [0.15, 0.2) is 40.9 Å². The molecule has 0 aliphatic carbocycles. The van der Waals surface area contributed by atoms with Crippen molar-refractivity contribution in [3.05, 3.63) is 52.3 Å². The normalized spacial score (nSPS) is 10.2. The number of rotatable bonds is 3. The molecule has 104 valence electrons. The maximum absolute atomic E-state index is 13.6. The lowest BCUT2D eigenvalue weighted by Gasteiger charge is -2.11. The van der Waals surface area contributed by atoms with E-state index in [2.05, 4.69) is 21.2 Å². The number of phenolic OH excluding ortho intramolecular Hbond substituents is 1. The zero-order valence-electron chi connectivity index (χ0n) is 10.5. The number of anilines is 1. The lowest BCUT2D eigenvalue weighted by atomic mass is 10.2. The van der Waals surface area contributed by atoms with Crippen LogP contribution >= 0.6 is 15.9 Å². The van der Waals surface area contributed by atoms with Crippen molar-refractivity contribution in [3.63, 3.8) is 0 Å². The Kier molecular flexibility index (Phi) is 4.24. The van der Waals surface area contributed by atoms with Crippen molar-refractivity contribution in [1.29, 1.82) is 0 Å². The number of amides is 1. The Morgan fingerprint density at radius 2 is 2.05 bits per heavy atom. The van der Waals surface area contributed by atoms with Gasteiger partial charge in [-0.3, -0.25) is 4.79 Å². The molecule has 20 heavy (non-hydrogen) atoms. The number of methoxy groups -OCH3 is 1. The van der Waals surface area contributed by atoms with Crippen LogP contribution in [0.2, 0.25) is 0 Å². The summed E-state index contributed by atoms with van der Waals surface area (Å²) < 4.78 is 19.5. The predicted molar refractivity (Wildman–Crippen MR) is 76.7 cm³/mol. The lowest BCUT2D eigenvalue weighted by molar-refractivity contribution is 0.102. The molecule has 0 radical (unpaired) electrons. The number of ether oxygens (including phenoxy) is 1. The molecule has 2 aromatic carbocycles. The molecule has 0 fully saturated rings. The summed E-state index contributed by atoms with van der Waals surface area (Å²) in [7, 11) is 1.47. The van der Waals surface area contributed by atoms with Crippen molar-refractivity contribution >= 4 is 27.5 Å². The van der Waals surface area contributed by atoms with E-state index in [9.17, 15) is 9.18 Å². The van der Waals surface area contributed by atoms with Gasteiger partial charge in [0.2, 0.25) is 0 Å². The number of halogens is 2. The molecule has 6 heteroatoms. The number of hydrogen-bond donors (Lipinski definition) is 2. The second-order valence-corrected chi connectivity index (χ2v) is 4.88. The number of aromatic hydroxyl groups is 1. The van der Waals surface area contributed by atoms with E-state index in [1.54, 1.807) is 18.2 Å². The molecule has 0 spiro atoms. The first-order valence-corrected chi connectivity index (χ1v) is 6.44. The van der Waals surface area contributed by atoms with E-state index in [1.165, 1.54) is 19.2 Å². The maximum atomic E-state index is 13.6. The first-order valence-electron chi connectivity index (χ1n) is 5.64. The van der Waals surface area contributed by atoms with Gasteiger partial charge in [-0.05, 0) is 30.3 Å². The van der Waals surface area contributed by atoms with E-state index in [0.717, 1.165) is 10.5 Å². The standard InChI is InChI=1S/C14H11BrFNO3/c1-20-13-5-2-8(15)6-12(13)17-14(19)10-4-3-9(18)7-11(10)16/h2-7,18H,1H3,(H,17,19). The summed E-state index contributed by atoms with van der Waals surface area (Å²) >= 11 is 3.28. The molecule has 2 aromatic rings. The van der Waals surface area contributed by atoms with Gasteiger partial charge in [0.1, 0.15) is 17.3 Å². The van der Waals surface area contributed by atoms with Crippen molar-refractivity contribution in [1.82, 2.24) is 0 Å². The van der Waals surface area contributed by atoms with Gasteiger partial charge in [-0.25, -0.2) is 4.39 Å². The van der Waals surface area contributed by atoms with E-state index in [-0.39, 0.29) is 11.3 Å².